The van der Waals surface area contributed by atoms with Gasteiger partial charge in [0.1, 0.15) is 11.6 Å². The van der Waals surface area contributed by atoms with Gasteiger partial charge >= 0.3 is 0 Å². The maximum absolute atomic E-state index is 13.6. The Hall–Kier alpha value is -2.14. The standard InChI is InChI=1S/C15H13ClF2N2O/c1-20(8-9-6-11(19)3-4-13(9)16)15(21)12-7-10(17)2-5-14(12)18/h2-7H,8,19H2,1H3. The molecule has 110 valence electrons. The second kappa shape index (κ2) is 6.10. The number of nitrogens with two attached hydrogens (primary N) is 1. The summed E-state index contributed by atoms with van der Waals surface area (Å²) in [4.78, 5) is 13.4. The first-order valence-corrected chi connectivity index (χ1v) is 6.50. The molecule has 1 amide bonds. The first-order chi connectivity index (χ1) is 9.88. The maximum Gasteiger partial charge on any atom is 0.256 e. The minimum absolute atomic E-state index is 0.138. The average molecular weight is 311 g/mol. The molecule has 0 aromatic heterocycles. The van der Waals surface area contributed by atoms with Crippen molar-refractivity contribution in [1.82, 2.24) is 4.90 Å². The van der Waals surface area contributed by atoms with Crippen LogP contribution in [-0.4, -0.2) is 17.9 Å². The summed E-state index contributed by atoms with van der Waals surface area (Å²) in [6.45, 7) is 0.138. The van der Waals surface area contributed by atoms with Gasteiger partial charge < -0.3 is 10.6 Å². The van der Waals surface area contributed by atoms with Crippen molar-refractivity contribution in [2.75, 3.05) is 12.8 Å². The fraction of sp³-hybridized carbons (Fsp3) is 0.133. The predicted octanol–water partition coefficient (Wildman–Crippen LogP) is 3.47. The molecule has 0 heterocycles. The summed E-state index contributed by atoms with van der Waals surface area (Å²) in [6, 6.07) is 7.64. The van der Waals surface area contributed by atoms with Crippen molar-refractivity contribution in [3.63, 3.8) is 0 Å². The molecule has 0 fully saturated rings. The van der Waals surface area contributed by atoms with Gasteiger partial charge in [-0.05, 0) is 42.0 Å². The monoisotopic (exact) mass is 310 g/mol. The average Bonchev–Trinajstić information content (AvgIpc) is 2.44. The lowest BCUT2D eigenvalue weighted by molar-refractivity contribution is 0.0780. The van der Waals surface area contributed by atoms with Crippen LogP contribution in [0.25, 0.3) is 0 Å². The number of hydrogen-bond acceptors (Lipinski definition) is 2. The number of rotatable bonds is 3. The molecule has 0 aliphatic heterocycles. The molecule has 2 aromatic carbocycles. The van der Waals surface area contributed by atoms with Crippen LogP contribution in [0.15, 0.2) is 36.4 Å². The Morgan fingerprint density at radius 2 is 1.95 bits per heavy atom. The van der Waals surface area contributed by atoms with E-state index < -0.39 is 17.5 Å². The number of carbonyl (C=O) groups is 1. The number of amides is 1. The topological polar surface area (TPSA) is 46.3 Å². The number of nitrogen functional groups attached to an aromatic ring is 1. The van der Waals surface area contributed by atoms with Crippen LogP contribution in [0.1, 0.15) is 15.9 Å². The summed E-state index contributed by atoms with van der Waals surface area (Å²) in [6.07, 6.45) is 0. The normalized spacial score (nSPS) is 10.5. The van der Waals surface area contributed by atoms with E-state index in [9.17, 15) is 13.6 Å². The largest absolute Gasteiger partial charge is 0.399 e. The molecule has 2 aromatic rings. The summed E-state index contributed by atoms with van der Waals surface area (Å²) in [5, 5.41) is 0.448. The van der Waals surface area contributed by atoms with E-state index in [1.54, 1.807) is 18.2 Å². The molecular formula is C15H13ClF2N2O. The van der Waals surface area contributed by atoms with Crippen molar-refractivity contribution < 1.29 is 13.6 Å². The molecule has 0 bridgehead atoms. The van der Waals surface area contributed by atoms with Crippen molar-refractivity contribution in [1.29, 1.82) is 0 Å². The molecule has 3 nitrogen and oxygen atoms in total. The Balaban J connectivity index is 2.23. The molecule has 0 radical (unpaired) electrons. The highest BCUT2D eigenvalue weighted by Gasteiger charge is 2.18. The van der Waals surface area contributed by atoms with Gasteiger partial charge in [0, 0.05) is 24.3 Å². The highest BCUT2D eigenvalue weighted by atomic mass is 35.5. The van der Waals surface area contributed by atoms with Crippen molar-refractivity contribution in [2.45, 2.75) is 6.54 Å². The fourth-order valence-electron chi connectivity index (χ4n) is 1.91. The lowest BCUT2D eigenvalue weighted by Crippen LogP contribution is -2.27. The Labute approximate surface area is 125 Å². The molecule has 0 unspecified atom stereocenters. The van der Waals surface area contributed by atoms with Crippen LogP contribution in [0.3, 0.4) is 0 Å². The van der Waals surface area contributed by atoms with Crippen LogP contribution in [0.4, 0.5) is 14.5 Å². The van der Waals surface area contributed by atoms with Gasteiger partial charge in [0.15, 0.2) is 0 Å². The molecule has 2 rings (SSSR count). The van der Waals surface area contributed by atoms with Crippen molar-refractivity contribution in [3.05, 3.63) is 64.2 Å². The third kappa shape index (κ3) is 3.49. The smallest absolute Gasteiger partial charge is 0.256 e. The van der Waals surface area contributed by atoms with Crippen LogP contribution in [-0.2, 0) is 6.54 Å². The van der Waals surface area contributed by atoms with E-state index in [0.29, 0.717) is 16.3 Å². The number of carbonyl (C=O) groups excluding carboxylic acids is 1. The van der Waals surface area contributed by atoms with Gasteiger partial charge in [-0.2, -0.15) is 0 Å². The van der Waals surface area contributed by atoms with Gasteiger partial charge in [-0.15, -0.1) is 0 Å². The van der Waals surface area contributed by atoms with Crippen molar-refractivity contribution >= 4 is 23.2 Å². The van der Waals surface area contributed by atoms with Crippen LogP contribution in [0.5, 0.6) is 0 Å². The van der Waals surface area contributed by atoms with E-state index in [2.05, 4.69) is 0 Å². The summed E-state index contributed by atoms with van der Waals surface area (Å²) in [7, 11) is 1.48. The SMILES string of the molecule is CN(Cc1cc(N)ccc1Cl)C(=O)c1cc(F)ccc1F. The van der Waals surface area contributed by atoms with Gasteiger partial charge in [-0.1, -0.05) is 11.6 Å². The molecular weight excluding hydrogens is 298 g/mol. The Kier molecular flexibility index (Phi) is 4.43. The van der Waals surface area contributed by atoms with Crippen LogP contribution in [0.2, 0.25) is 5.02 Å². The first kappa shape index (κ1) is 15.3. The zero-order valence-corrected chi connectivity index (χ0v) is 12.0. The third-order valence-corrected chi connectivity index (χ3v) is 3.35. The van der Waals surface area contributed by atoms with Crippen molar-refractivity contribution in [2.24, 2.45) is 0 Å². The number of anilines is 1. The Morgan fingerprint density at radius 1 is 1.24 bits per heavy atom. The Morgan fingerprint density at radius 3 is 2.67 bits per heavy atom. The first-order valence-electron chi connectivity index (χ1n) is 6.13. The number of benzene rings is 2. The summed E-state index contributed by atoms with van der Waals surface area (Å²) < 4.78 is 26.7. The van der Waals surface area contributed by atoms with Crippen molar-refractivity contribution in [3.8, 4) is 0 Å². The van der Waals surface area contributed by atoms with Gasteiger partial charge in [-0.3, -0.25) is 4.79 Å². The lowest BCUT2D eigenvalue weighted by atomic mass is 10.1. The minimum Gasteiger partial charge on any atom is -0.399 e. The minimum atomic E-state index is -0.771. The molecule has 0 spiro atoms. The molecule has 21 heavy (non-hydrogen) atoms. The van der Waals surface area contributed by atoms with E-state index in [1.807, 2.05) is 0 Å². The fourth-order valence-corrected chi connectivity index (χ4v) is 2.09. The van der Waals surface area contributed by atoms with E-state index in [0.717, 1.165) is 18.2 Å². The maximum atomic E-state index is 13.6. The van der Waals surface area contributed by atoms with E-state index in [4.69, 9.17) is 17.3 Å². The number of hydrogen-bond donors (Lipinski definition) is 1. The van der Waals surface area contributed by atoms with Crippen LogP contribution in [0, 0.1) is 11.6 Å². The summed E-state index contributed by atoms with van der Waals surface area (Å²) in [5.74, 6) is -2.08. The molecule has 0 aliphatic carbocycles. The van der Waals surface area contributed by atoms with Crippen LogP contribution >= 0.6 is 11.6 Å². The summed E-state index contributed by atoms with van der Waals surface area (Å²) in [5.41, 5.74) is 6.48. The molecule has 0 saturated carbocycles. The van der Waals surface area contributed by atoms with E-state index in [-0.39, 0.29) is 12.1 Å². The van der Waals surface area contributed by atoms with Gasteiger partial charge in [0.2, 0.25) is 0 Å². The van der Waals surface area contributed by atoms with Gasteiger partial charge in [-0.25, -0.2) is 8.78 Å². The molecule has 6 heteroatoms. The number of halogens is 3. The predicted molar refractivity (Wildman–Crippen MR) is 78.0 cm³/mol. The third-order valence-electron chi connectivity index (χ3n) is 2.98. The summed E-state index contributed by atoms with van der Waals surface area (Å²) >= 11 is 6.02. The van der Waals surface area contributed by atoms with Gasteiger partial charge in [0.05, 0.1) is 5.56 Å². The van der Waals surface area contributed by atoms with E-state index >= 15 is 0 Å². The number of nitrogens with zero attached hydrogens (tertiary/aromatic N) is 1. The molecule has 0 saturated heterocycles. The van der Waals surface area contributed by atoms with E-state index in [1.165, 1.54) is 11.9 Å². The molecule has 0 aliphatic rings. The second-order valence-corrected chi connectivity index (χ2v) is 5.04. The highest BCUT2D eigenvalue weighted by Crippen LogP contribution is 2.21. The highest BCUT2D eigenvalue weighted by molar-refractivity contribution is 6.31. The second-order valence-electron chi connectivity index (χ2n) is 4.64. The van der Waals surface area contributed by atoms with Gasteiger partial charge in [0.25, 0.3) is 5.91 Å². The Bertz CT molecular complexity index is 691. The molecule has 0 atom stereocenters. The zero-order chi connectivity index (χ0) is 15.6. The lowest BCUT2D eigenvalue weighted by Gasteiger charge is -2.18. The molecule has 2 N–H and O–H groups in total. The zero-order valence-electron chi connectivity index (χ0n) is 11.2. The quantitative estimate of drug-likeness (QED) is 0.882. The van der Waals surface area contributed by atoms with Crippen LogP contribution < -0.4 is 5.73 Å².